The minimum absolute atomic E-state index is 0.0359. The Morgan fingerprint density at radius 1 is 0.900 bits per heavy atom. The number of nitrogens with two attached hydrogens (primary N) is 1. The molecule has 0 saturated carbocycles. The van der Waals surface area contributed by atoms with Gasteiger partial charge in [-0.1, -0.05) is 71.8 Å². The lowest BCUT2D eigenvalue weighted by molar-refractivity contribution is 0.0737. The predicted octanol–water partition coefficient (Wildman–Crippen LogP) is 4.87. The molecule has 0 radical (unpaired) electrons. The van der Waals surface area contributed by atoms with Crippen LogP contribution in [-0.2, 0) is 13.2 Å². The van der Waals surface area contributed by atoms with Crippen LogP contribution in [0.15, 0.2) is 72.8 Å². The molecule has 0 aliphatic heterocycles. The molecule has 3 aromatic rings. The van der Waals surface area contributed by atoms with Gasteiger partial charge in [0, 0.05) is 13.1 Å². The lowest BCUT2D eigenvalue weighted by Gasteiger charge is -2.24. The maximum Gasteiger partial charge on any atom is 0.257 e. The lowest BCUT2D eigenvalue weighted by Crippen LogP contribution is -2.33. The van der Waals surface area contributed by atoms with E-state index in [1.54, 1.807) is 0 Å². The molecule has 0 fully saturated rings. The third kappa shape index (κ3) is 5.94. The molecule has 0 heterocycles. The van der Waals surface area contributed by atoms with Crippen molar-refractivity contribution in [2.75, 3.05) is 13.1 Å². The van der Waals surface area contributed by atoms with Gasteiger partial charge in [-0.05, 0) is 50.1 Å². The normalized spacial score (nSPS) is 10.6. The summed E-state index contributed by atoms with van der Waals surface area (Å²) >= 11 is 0. The second-order valence-corrected chi connectivity index (χ2v) is 7.64. The zero-order chi connectivity index (χ0) is 21.3. The van der Waals surface area contributed by atoms with E-state index >= 15 is 0 Å². The molecule has 4 heteroatoms. The summed E-state index contributed by atoms with van der Waals surface area (Å²) in [6.07, 6.45) is 0.754. The van der Waals surface area contributed by atoms with Crippen molar-refractivity contribution in [1.29, 1.82) is 0 Å². The van der Waals surface area contributed by atoms with Crippen LogP contribution < -0.4 is 10.5 Å². The van der Waals surface area contributed by atoms with E-state index in [9.17, 15) is 4.79 Å². The first-order valence-corrected chi connectivity index (χ1v) is 10.4. The van der Waals surface area contributed by atoms with E-state index < -0.39 is 0 Å². The van der Waals surface area contributed by atoms with Gasteiger partial charge in [-0.15, -0.1) is 0 Å². The first kappa shape index (κ1) is 21.6. The van der Waals surface area contributed by atoms with Gasteiger partial charge in [0.05, 0.1) is 5.56 Å². The molecule has 30 heavy (non-hydrogen) atoms. The largest absolute Gasteiger partial charge is 0.488 e. The Hall–Kier alpha value is -3.11. The lowest BCUT2D eigenvalue weighted by atomic mass is 10.1. The zero-order valence-corrected chi connectivity index (χ0v) is 17.8. The molecule has 0 aliphatic rings. The van der Waals surface area contributed by atoms with Gasteiger partial charge in [0.1, 0.15) is 12.4 Å². The Morgan fingerprint density at radius 2 is 1.57 bits per heavy atom. The molecule has 0 aromatic heterocycles. The maximum atomic E-state index is 13.5. The van der Waals surface area contributed by atoms with Crippen LogP contribution in [0.3, 0.4) is 0 Å². The van der Waals surface area contributed by atoms with E-state index in [0.29, 0.717) is 37.6 Å². The van der Waals surface area contributed by atoms with E-state index in [-0.39, 0.29) is 5.91 Å². The highest BCUT2D eigenvalue weighted by Gasteiger charge is 2.20. The van der Waals surface area contributed by atoms with Crippen molar-refractivity contribution in [2.45, 2.75) is 33.4 Å². The fourth-order valence-corrected chi connectivity index (χ4v) is 3.59. The summed E-state index contributed by atoms with van der Waals surface area (Å²) in [7, 11) is 0. The van der Waals surface area contributed by atoms with Gasteiger partial charge in [-0.25, -0.2) is 0 Å². The predicted molar refractivity (Wildman–Crippen MR) is 122 cm³/mol. The van der Waals surface area contributed by atoms with Gasteiger partial charge >= 0.3 is 0 Å². The average Bonchev–Trinajstić information content (AvgIpc) is 2.75. The molecule has 3 aromatic carbocycles. The smallest absolute Gasteiger partial charge is 0.257 e. The molecule has 1 amide bonds. The molecule has 4 nitrogen and oxygen atoms in total. The summed E-state index contributed by atoms with van der Waals surface area (Å²) in [5.74, 6) is 0.566. The average molecular weight is 403 g/mol. The second-order valence-electron chi connectivity index (χ2n) is 7.64. The topological polar surface area (TPSA) is 55.6 Å². The quantitative estimate of drug-likeness (QED) is 0.555. The monoisotopic (exact) mass is 402 g/mol. The minimum atomic E-state index is -0.0359. The summed E-state index contributed by atoms with van der Waals surface area (Å²) in [6.45, 7) is 6.28. The van der Waals surface area contributed by atoms with Gasteiger partial charge < -0.3 is 15.4 Å². The molecule has 0 spiro atoms. The van der Waals surface area contributed by atoms with Gasteiger partial charge in [0.2, 0.25) is 0 Å². The number of hydrogen-bond acceptors (Lipinski definition) is 3. The molecular formula is C26H30N2O2. The summed E-state index contributed by atoms with van der Waals surface area (Å²) < 4.78 is 6.02. The van der Waals surface area contributed by atoms with Crippen LogP contribution in [0.5, 0.6) is 5.75 Å². The molecular weight excluding hydrogens is 372 g/mol. The van der Waals surface area contributed by atoms with E-state index in [2.05, 4.69) is 32.0 Å². The van der Waals surface area contributed by atoms with Crippen molar-refractivity contribution in [3.63, 3.8) is 0 Å². The zero-order valence-electron chi connectivity index (χ0n) is 17.8. The summed E-state index contributed by atoms with van der Waals surface area (Å²) in [5, 5.41) is 0. The number of aryl methyl sites for hydroxylation is 2. The molecule has 3 rings (SSSR count). The molecule has 0 unspecified atom stereocenters. The Balaban J connectivity index is 1.81. The van der Waals surface area contributed by atoms with E-state index in [1.807, 2.05) is 59.5 Å². The molecule has 0 atom stereocenters. The van der Waals surface area contributed by atoms with E-state index in [1.165, 1.54) is 11.1 Å². The SMILES string of the molecule is Cc1cc(C)cc(CN(CCCN)C(=O)c2ccccc2OCc2ccccc2)c1. The number of hydrogen-bond donors (Lipinski definition) is 1. The van der Waals surface area contributed by atoms with Crippen molar-refractivity contribution in [2.24, 2.45) is 5.73 Å². The summed E-state index contributed by atoms with van der Waals surface area (Å²) in [4.78, 5) is 15.3. The molecule has 0 saturated heterocycles. The fourth-order valence-electron chi connectivity index (χ4n) is 3.59. The van der Waals surface area contributed by atoms with Crippen LogP contribution >= 0.6 is 0 Å². The van der Waals surface area contributed by atoms with Crippen LogP contribution in [-0.4, -0.2) is 23.9 Å². The number of benzene rings is 3. The van der Waals surface area contributed by atoms with Crippen molar-refractivity contribution < 1.29 is 9.53 Å². The molecule has 156 valence electrons. The number of amides is 1. The number of carbonyl (C=O) groups excluding carboxylic acids is 1. The van der Waals surface area contributed by atoms with E-state index in [4.69, 9.17) is 10.5 Å². The number of carbonyl (C=O) groups is 1. The first-order chi connectivity index (χ1) is 14.6. The first-order valence-electron chi connectivity index (χ1n) is 10.4. The van der Waals surface area contributed by atoms with Crippen LogP contribution in [0.25, 0.3) is 0 Å². The number of rotatable bonds is 9. The molecule has 0 aliphatic carbocycles. The number of para-hydroxylation sites is 1. The maximum absolute atomic E-state index is 13.5. The Bertz CT molecular complexity index is 950. The van der Waals surface area contributed by atoms with Crippen LogP contribution in [0.1, 0.15) is 39.0 Å². The van der Waals surface area contributed by atoms with Crippen molar-refractivity contribution in [1.82, 2.24) is 4.90 Å². The highest BCUT2D eigenvalue weighted by atomic mass is 16.5. The third-order valence-corrected chi connectivity index (χ3v) is 4.93. The molecule has 2 N–H and O–H groups in total. The van der Waals surface area contributed by atoms with Gasteiger partial charge in [-0.2, -0.15) is 0 Å². The van der Waals surface area contributed by atoms with E-state index in [0.717, 1.165) is 17.5 Å². The fraction of sp³-hybridized carbons (Fsp3) is 0.269. The van der Waals surface area contributed by atoms with Crippen LogP contribution in [0.2, 0.25) is 0 Å². The number of nitrogens with zero attached hydrogens (tertiary/aromatic N) is 1. The van der Waals surface area contributed by atoms with Gasteiger partial charge in [0.15, 0.2) is 0 Å². The summed E-state index contributed by atoms with van der Waals surface area (Å²) in [5.41, 5.74) is 10.9. The van der Waals surface area contributed by atoms with Crippen molar-refractivity contribution in [3.05, 3.63) is 101 Å². The Labute approximate surface area is 179 Å². The Kier molecular flexibility index (Phi) is 7.63. The van der Waals surface area contributed by atoms with Gasteiger partial charge in [0.25, 0.3) is 5.91 Å². The third-order valence-electron chi connectivity index (χ3n) is 4.93. The van der Waals surface area contributed by atoms with Gasteiger partial charge in [-0.3, -0.25) is 4.79 Å². The number of ether oxygens (including phenoxy) is 1. The molecule has 0 bridgehead atoms. The standard InChI is InChI=1S/C26H30N2O2/c1-20-15-21(2)17-23(16-20)18-28(14-8-13-27)26(29)24-11-6-7-12-25(24)30-19-22-9-4-3-5-10-22/h3-7,9-12,15-17H,8,13-14,18-19,27H2,1-2H3. The minimum Gasteiger partial charge on any atom is -0.488 e. The van der Waals surface area contributed by atoms with Crippen molar-refractivity contribution in [3.8, 4) is 5.75 Å². The van der Waals surface area contributed by atoms with Crippen LogP contribution in [0.4, 0.5) is 0 Å². The highest BCUT2D eigenvalue weighted by molar-refractivity contribution is 5.97. The Morgan fingerprint density at radius 3 is 2.27 bits per heavy atom. The second kappa shape index (κ2) is 10.6. The van der Waals surface area contributed by atoms with Crippen molar-refractivity contribution >= 4 is 5.91 Å². The summed E-state index contributed by atoms with van der Waals surface area (Å²) in [6, 6.07) is 23.8. The highest BCUT2D eigenvalue weighted by Crippen LogP contribution is 2.23. The van der Waals surface area contributed by atoms with Crippen LogP contribution in [0, 0.1) is 13.8 Å².